The molecule has 0 bridgehead atoms. The highest BCUT2D eigenvalue weighted by Crippen LogP contribution is 2.31. The number of benzene rings is 1. The molecule has 0 radical (unpaired) electrons. The molecule has 1 atom stereocenters. The molecule has 1 aliphatic rings. The van der Waals surface area contributed by atoms with E-state index in [4.69, 9.17) is 10.5 Å². The molecule has 0 fully saturated rings. The number of nitrogens with zero attached hydrogens (tertiary/aromatic N) is 1. The van der Waals surface area contributed by atoms with Gasteiger partial charge in [0.1, 0.15) is 23.6 Å². The zero-order chi connectivity index (χ0) is 25.8. The third-order valence-corrected chi connectivity index (χ3v) is 7.54. The number of aromatic nitrogens is 1. The lowest BCUT2D eigenvalue weighted by Crippen LogP contribution is -2.22. The van der Waals surface area contributed by atoms with E-state index in [-0.39, 0.29) is 11.2 Å². The van der Waals surface area contributed by atoms with Crippen molar-refractivity contribution in [2.75, 3.05) is 5.73 Å². The Labute approximate surface area is 211 Å². The number of rotatable bonds is 8. The van der Waals surface area contributed by atoms with Crippen LogP contribution in [-0.2, 0) is 26.8 Å². The summed E-state index contributed by atoms with van der Waals surface area (Å²) < 4.78 is 18.0. The third kappa shape index (κ3) is 7.27. The average Bonchev–Trinajstić information content (AvgIpc) is 2.78. The Morgan fingerprint density at radius 1 is 1.09 bits per heavy atom. The molecule has 0 amide bonds. The predicted molar refractivity (Wildman–Crippen MR) is 143 cm³/mol. The van der Waals surface area contributed by atoms with E-state index in [0.717, 1.165) is 40.9 Å². The van der Waals surface area contributed by atoms with Gasteiger partial charge in [-0.3, -0.25) is 9.00 Å². The monoisotopic (exact) mass is 492 g/mol. The Balaban J connectivity index is 1.58. The maximum atomic E-state index is 12.8. The lowest BCUT2D eigenvalue weighted by atomic mass is 9.91. The maximum Gasteiger partial charge on any atom is 0.139 e. The number of ether oxygens (including phenoxy) is 1. The van der Waals surface area contributed by atoms with Crippen LogP contribution in [0.3, 0.4) is 0 Å². The minimum Gasteiger partial charge on any atom is -0.461 e. The lowest BCUT2D eigenvalue weighted by molar-refractivity contribution is -0.118. The predicted octanol–water partition coefficient (Wildman–Crippen LogP) is 6.52. The number of allylic oxidation sites excluding steroid dienone is 3. The van der Waals surface area contributed by atoms with Gasteiger partial charge < -0.3 is 10.5 Å². The first-order valence-electron chi connectivity index (χ1n) is 12.0. The van der Waals surface area contributed by atoms with Gasteiger partial charge in [0.2, 0.25) is 0 Å². The topological polar surface area (TPSA) is 82.3 Å². The SMILES string of the molecule is CC(C)(C)C1=CC(CCCC(=O)Cc2ccc(-c3cnc(N)c(S(=O)C(C)(C)C)c3)cc2)=C=CO1. The molecular weight excluding hydrogens is 456 g/mol. The molecular formula is C29H36N2O3S. The second-order valence-electron chi connectivity index (χ2n) is 10.9. The van der Waals surface area contributed by atoms with Crippen LogP contribution in [0.1, 0.15) is 66.4 Å². The van der Waals surface area contributed by atoms with Crippen molar-refractivity contribution in [3.63, 3.8) is 0 Å². The summed E-state index contributed by atoms with van der Waals surface area (Å²) >= 11 is 0. The number of carbonyl (C=O) groups excluding carboxylic acids is 1. The summed E-state index contributed by atoms with van der Waals surface area (Å²) in [6, 6.07) is 9.72. The van der Waals surface area contributed by atoms with Crippen molar-refractivity contribution in [3.05, 3.63) is 71.5 Å². The largest absolute Gasteiger partial charge is 0.461 e. The van der Waals surface area contributed by atoms with E-state index in [1.165, 1.54) is 0 Å². The standard InChI is InChI=1S/C29H36N2O3S/c1-28(2,3)26-17-20(14-15-34-26)8-7-9-24(32)16-21-10-12-22(13-11-21)23-18-25(27(30)31-19-23)35(33)29(4,5)6/h10-13,15,17-19H,7-9,16H2,1-6H3,(H2,30,31). The first-order valence-corrected chi connectivity index (χ1v) is 13.1. The van der Waals surface area contributed by atoms with E-state index < -0.39 is 15.5 Å². The molecule has 1 aromatic carbocycles. The van der Waals surface area contributed by atoms with Crippen LogP contribution in [0.2, 0.25) is 0 Å². The first kappa shape index (κ1) is 26.7. The molecule has 6 heteroatoms. The van der Waals surface area contributed by atoms with Crippen molar-refractivity contribution < 1.29 is 13.7 Å². The first-order chi connectivity index (χ1) is 16.3. The molecule has 3 rings (SSSR count). The van der Waals surface area contributed by atoms with Crippen LogP contribution < -0.4 is 5.73 Å². The highest BCUT2D eigenvalue weighted by Gasteiger charge is 2.24. The molecule has 0 aliphatic carbocycles. The highest BCUT2D eigenvalue weighted by atomic mass is 32.2. The molecule has 2 heterocycles. The van der Waals surface area contributed by atoms with Crippen LogP contribution in [0.5, 0.6) is 0 Å². The molecule has 2 aromatic rings. The van der Waals surface area contributed by atoms with Gasteiger partial charge in [-0.05, 0) is 56.9 Å². The van der Waals surface area contributed by atoms with Gasteiger partial charge in [0.15, 0.2) is 0 Å². The number of Topliss-reactive ketones (excluding diaryl/α,β-unsaturated/α-hetero) is 1. The minimum absolute atomic E-state index is 0.0561. The number of ketones is 1. The van der Waals surface area contributed by atoms with E-state index >= 15 is 0 Å². The molecule has 186 valence electrons. The van der Waals surface area contributed by atoms with E-state index in [9.17, 15) is 9.00 Å². The fraction of sp³-hybridized carbons (Fsp3) is 0.414. The van der Waals surface area contributed by atoms with Crippen molar-refractivity contribution in [2.24, 2.45) is 5.41 Å². The van der Waals surface area contributed by atoms with Crippen LogP contribution in [-0.4, -0.2) is 19.7 Å². The van der Waals surface area contributed by atoms with Gasteiger partial charge in [-0.1, -0.05) is 50.8 Å². The van der Waals surface area contributed by atoms with E-state index in [2.05, 4.69) is 31.5 Å². The normalized spacial score (nSPS) is 14.7. The number of nitrogen functional groups attached to an aromatic ring is 1. The van der Waals surface area contributed by atoms with Gasteiger partial charge in [0.05, 0.1) is 15.7 Å². The van der Waals surface area contributed by atoms with Gasteiger partial charge >= 0.3 is 0 Å². The van der Waals surface area contributed by atoms with Gasteiger partial charge in [-0.25, -0.2) is 4.98 Å². The average molecular weight is 493 g/mol. The molecule has 0 saturated heterocycles. The summed E-state index contributed by atoms with van der Waals surface area (Å²) in [5, 5.41) is 0. The number of nitrogens with two attached hydrogens (primary N) is 1. The fourth-order valence-electron chi connectivity index (χ4n) is 3.64. The van der Waals surface area contributed by atoms with Crippen LogP contribution in [0.4, 0.5) is 5.82 Å². The maximum absolute atomic E-state index is 12.8. The fourth-order valence-corrected chi connectivity index (χ4v) is 4.78. The van der Waals surface area contributed by atoms with Gasteiger partial charge in [0, 0.05) is 40.3 Å². The van der Waals surface area contributed by atoms with Crippen molar-refractivity contribution in [1.82, 2.24) is 4.98 Å². The van der Waals surface area contributed by atoms with E-state index in [0.29, 0.717) is 23.6 Å². The van der Waals surface area contributed by atoms with Crippen LogP contribution >= 0.6 is 0 Å². The smallest absolute Gasteiger partial charge is 0.139 e. The second-order valence-corrected chi connectivity index (χ2v) is 13.1. The Morgan fingerprint density at radius 3 is 2.40 bits per heavy atom. The summed E-state index contributed by atoms with van der Waals surface area (Å²) in [6.45, 7) is 12.1. The highest BCUT2D eigenvalue weighted by molar-refractivity contribution is 7.86. The second kappa shape index (κ2) is 10.8. The minimum atomic E-state index is -1.27. The Hall–Kier alpha value is -2.95. The van der Waals surface area contributed by atoms with Crippen molar-refractivity contribution in [1.29, 1.82) is 0 Å². The molecule has 5 nitrogen and oxygen atoms in total. The molecule has 0 spiro atoms. The third-order valence-electron chi connectivity index (χ3n) is 5.70. The van der Waals surface area contributed by atoms with E-state index in [1.54, 1.807) is 12.5 Å². The molecule has 1 unspecified atom stereocenters. The number of carbonyl (C=O) groups is 1. The zero-order valence-corrected chi connectivity index (χ0v) is 22.4. The molecule has 1 aromatic heterocycles. The number of hydrogen-bond acceptors (Lipinski definition) is 5. The molecule has 2 N–H and O–H groups in total. The summed E-state index contributed by atoms with van der Waals surface area (Å²) in [7, 11) is -1.27. The van der Waals surface area contributed by atoms with Crippen molar-refractivity contribution in [3.8, 4) is 11.1 Å². The number of anilines is 1. The molecule has 35 heavy (non-hydrogen) atoms. The Bertz CT molecular complexity index is 1210. The zero-order valence-electron chi connectivity index (χ0n) is 21.6. The summed E-state index contributed by atoms with van der Waals surface area (Å²) in [6.07, 6.45) is 7.85. The summed E-state index contributed by atoms with van der Waals surface area (Å²) in [5.74, 6) is 1.43. The van der Waals surface area contributed by atoms with Crippen LogP contribution in [0.15, 0.2) is 70.8 Å². The van der Waals surface area contributed by atoms with Gasteiger partial charge in [-0.2, -0.15) is 0 Å². The number of hydrogen-bond donors (Lipinski definition) is 1. The van der Waals surface area contributed by atoms with Crippen LogP contribution in [0, 0.1) is 5.41 Å². The van der Waals surface area contributed by atoms with Crippen molar-refractivity contribution in [2.45, 2.75) is 76.9 Å². The van der Waals surface area contributed by atoms with E-state index in [1.807, 2.05) is 57.2 Å². The number of pyridine rings is 1. The molecule has 0 saturated carbocycles. The Morgan fingerprint density at radius 2 is 1.77 bits per heavy atom. The summed E-state index contributed by atoms with van der Waals surface area (Å²) in [5.41, 5.74) is 12.9. The lowest BCUT2D eigenvalue weighted by Gasteiger charge is -2.23. The van der Waals surface area contributed by atoms with Crippen molar-refractivity contribution >= 4 is 22.4 Å². The summed E-state index contributed by atoms with van der Waals surface area (Å²) in [4.78, 5) is 17.4. The van der Waals surface area contributed by atoms with Crippen LogP contribution in [0.25, 0.3) is 11.1 Å². The quantitative estimate of drug-likeness (QED) is 0.424. The van der Waals surface area contributed by atoms with Gasteiger partial charge in [-0.15, -0.1) is 0 Å². The van der Waals surface area contributed by atoms with Gasteiger partial charge in [0.25, 0.3) is 0 Å². The Kier molecular flexibility index (Phi) is 8.19. The molecule has 1 aliphatic heterocycles.